The molecule has 0 fully saturated rings. The van der Waals surface area contributed by atoms with Gasteiger partial charge in [-0.25, -0.2) is 9.97 Å². The van der Waals surface area contributed by atoms with E-state index in [0.29, 0.717) is 0 Å². The van der Waals surface area contributed by atoms with Gasteiger partial charge in [-0.05, 0) is 13.0 Å². The van der Waals surface area contributed by atoms with Gasteiger partial charge in [0.1, 0.15) is 5.82 Å². The SMILES string of the molecule is C=CCNCc1ccnc(C)n1. The molecule has 1 aromatic rings. The number of nitrogens with zero attached hydrogens (tertiary/aromatic N) is 2. The number of aryl methyl sites for hydroxylation is 1. The van der Waals surface area contributed by atoms with E-state index >= 15 is 0 Å². The van der Waals surface area contributed by atoms with Crippen LogP contribution in [0.1, 0.15) is 11.5 Å². The summed E-state index contributed by atoms with van der Waals surface area (Å²) in [7, 11) is 0. The van der Waals surface area contributed by atoms with Gasteiger partial charge in [-0.1, -0.05) is 6.08 Å². The van der Waals surface area contributed by atoms with Gasteiger partial charge in [-0.3, -0.25) is 0 Å². The zero-order valence-corrected chi connectivity index (χ0v) is 7.25. The van der Waals surface area contributed by atoms with E-state index in [2.05, 4.69) is 21.9 Å². The summed E-state index contributed by atoms with van der Waals surface area (Å²) in [6.45, 7) is 7.08. The molecule has 0 spiro atoms. The average Bonchev–Trinajstić information content (AvgIpc) is 2.05. The van der Waals surface area contributed by atoms with Gasteiger partial charge in [0.2, 0.25) is 0 Å². The van der Waals surface area contributed by atoms with Crippen LogP contribution in [0.25, 0.3) is 0 Å². The summed E-state index contributed by atoms with van der Waals surface area (Å²) in [4.78, 5) is 8.25. The Bertz CT molecular complexity index is 258. The van der Waals surface area contributed by atoms with E-state index in [0.717, 1.165) is 24.6 Å². The molecule has 0 saturated carbocycles. The Morgan fingerprint density at radius 3 is 3.17 bits per heavy atom. The Balaban J connectivity index is 2.46. The number of aromatic nitrogens is 2. The number of rotatable bonds is 4. The van der Waals surface area contributed by atoms with Crippen molar-refractivity contribution in [2.75, 3.05) is 6.54 Å². The monoisotopic (exact) mass is 163 g/mol. The van der Waals surface area contributed by atoms with Crippen LogP contribution < -0.4 is 5.32 Å². The minimum atomic E-state index is 0.773. The van der Waals surface area contributed by atoms with Crippen molar-refractivity contribution in [3.05, 3.63) is 36.4 Å². The molecule has 0 amide bonds. The highest BCUT2D eigenvalue weighted by Gasteiger charge is 1.92. The van der Waals surface area contributed by atoms with Crippen LogP contribution in [0, 0.1) is 6.92 Å². The second kappa shape index (κ2) is 4.62. The molecule has 0 saturated heterocycles. The first-order chi connectivity index (χ1) is 5.83. The molecule has 0 atom stereocenters. The van der Waals surface area contributed by atoms with E-state index in [4.69, 9.17) is 0 Å². The van der Waals surface area contributed by atoms with Crippen molar-refractivity contribution < 1.29 is 0 Å². The van der Waals surface area contributed by atoms with Crippen molar-refractivity contribution in [2.24, 2.45) is 0 Å². The standard InChI is InChI=1S/C9H13N3/c1-3-5-10-7-9-4-6-11-8(2)12-9/h3-4,6,10H,1,5,7H2,2H3. The largest absolute Gasteiger partial charge is 0.308 e. The van der Waals surface area contributed by atoms with Crippen LogP contribution in [-0.4, -0.2) is 16.5 Å². The van der Waals surface area contributed by atoms with E-state index in [-0.39, 0.29) is 0 Å². The van der Waals surface area contributed by atoms with Gasteiger partial charge in [0.15, 0.2) is 0 Å². The summed E-state index contributed by atoms with van der Waals surface area (Å²) in [6, 6.07) is 1.91. The highest BCUT2D eigenvalue weighted by molar-refractivity contribution is 5.01. The maximum atomic E-state index is 4.24. The Morgan fingerprint density at radius 1 is 1.67 bits per heavy atom. The first-order valence-corrected chi connectivity index (χ1v) is 3.93. The first kappa shape index (κ1) is 8.87. The topological polar surface area (TPSA) is 37.8 Å². The van der Waals surface area contributed by atoms with Crippen LogP contribution in [0.5, 0.6) is 0 Å². The average molecular weight is 163 g/mol. The van der Waals surface area contributed by atoms with Crippen LogP contribution in [0.15, 0.2) is 24.9 Å². The van der Waals surface area contributed by atoms with Gasteiger partial charge in [0.05, 0.1) is 5.69 Å². The minimum Gasteiger partial charge on any atom is -0.308 e. The van der Waals surface area contributed by atoms with Gasteiger partial charge in [0, 0.05) is 19.3 Å². The summed E-state index contributed by atoms with van der Waals surface area (Å²) >= 11 is 0. The van der Waals surface area contributed by atoms with Crippen molar-refractivity contribution >= 4 is 0 Å². The molecular formula is C9H13N3. The molecule has 3 heteroatoms. The molecule has 0 aliphatic heterocycles. The van der Waals surface area contributed by atoms with E-state index in [9.17, 15) is 0 Å². The second-order valence-corrected chi connectivity index (χ2v) is 2.51. The van der Waals surface area contributed by atoms with Gasteiger partial charge in [0.25, 0.3) is 0 Å². The molecule has 0 radical (unpaired) electrons. The summed E-state index contributed by atoms with van der Waals surface area (Å²) in [6.07, 6.45) is 3.60. The van der Waals surface area contributed by atoms with Gasteiger partial charge in [-0.2, -0.15) is 0 Å². The van der Waals surface area contributed by atoms with E-state index in [1.165, 1.54) is 0 Å². The van der Waals surface area contributed by atoms with Gasteiger partial charge in [-0.15, -0.1) is 6.58 Å². The predicted molar refractivity (Wildman–Crippen MR) is 48.7 cm³/mol. The number of hydrogen-bond acceptors (Lipinski definition) is 3. The molecule has 0 aromatic carbocycles. The van der Waals surface area contributed by atoms with E-state index < -0.39 is 0 Å². The fraction of sp³-hybridized carbons (Fsp3) is 0.333. The Morgan fingerprint density at radius 2 is 2.50 bits per heavy atom. The summed E-state index contributed by atoms with van der Waals surface area (Å²) in [5.41, 5.74) is 1.02. The third kappa shape index (κ3) is 2.80. The van der Waals surface area contributed by atoms with Crippen LogP contribution in [0.3, 0.4) is 0 Å². The molecule has 1 rings (SSSR count). The highest BCUT2D eigenvalue weighted by Crippen LogP contribution is 1.92. The third-order valence-electron chi connectivity index (χ3n) is 1.43. The zero-order valence-electron chi connectivity index (χ0n) is 7.25. The third-order valence-corrected chi connectivity index (χ3v) is 1.43. The maximum absolute atomic E-state index is 4.24. The molecular weight excluding hydrogens is 150 g/mol. The quantitative estimate of drug-likeness (QED) is 0.532. The highest BCUT2D eigenvalue weighted by atomic mass is 14.9. The van der Waals surface area contributed by atoms with Crippen molar-refractivity contribution in [1.82, 2.24) is 15.3 Å². The van der Waals surface area contributed by atoms with Crippen molar-refractivity contribution in [2.45, 2.75) is 13.5 Å². The minimum absolute atomic E-state index is 0.773. The van der Waals surface area contributed by atoms with Crippen molar-refractivity contribution in [1.29, 1.82) is 0 Å². The second-order valence-electron chi connectivity index (χ2n) is 2.51. The maximum Gasteiger partial charge on any atom is 0.125 e. The molecule has 3 nitrogen and oxygen atoms in total. The summed E-state index contributed by atoms with van der Waals surface area (Å²) in [5, 5.41) is 3.17. The van der Waals surface area contributed by atoms with Crippen molar-refractivity contribution in [3.8, 4) is 0 Å². The molecule has 1 N–H and O–H groups in total. The molecule has 0 aliphatic carbocycles. The zero-order chi connectivity index (χ0) is 8.81. The fourth-order valence-corrected chi connectivity index (χ4v) is 0.906. The Labute approximate surface area is 72.6 Å². The first-order valence-electron chi connectivity index (χ1n) is 3.93. The van der Waals surface area contributed by atoms with Crippen LogP contribution >= 0.6 is 0 Å². The molecule has 0 bridgehead atoms. The van der Waals surface area contributed by atoms with Crippen LogP contribution in [-0.2, 0) is 6.54 Å². The lowest BCUT2D eigenvalue weighted by atomic mass is 10.4. The normalized spacial score (nSPS) is 9.75. The number of nitrogens with one attached hydrogen (secondary N) is 1. The van der Waals surface area contributed by atoms with Gasteiger partial charge >= 0.3 is 0 Å². The van der Waals surface area contributed by atoms with Crippen LogP contribution in [0.2, 0.25) is 0 Å². The molecule has 1 heterocycles. The lowest BCUT2D eigenvalue weighted by Gasteiger charge is -2.00. The smallest absolute Gasteiger partial charge is 0.125 e. The fourth-order valence-electron chi connectivity index (χ4n) is 0.906. The van der Waals surface area contributed by atoms with Gasteiger partial charge < -0.3 is 5.32 Å². The summed E-state index contributed by atoms with van der Waals surface area (Å²) < 4.78 is 0. The van der Waals surface area contributed by atoms with Crippen LogP contribution in [0.4, 0.5) is 0 Å². The molecule has 0 aliphatic rings. The number of hydrogen-bond donors (Lipinski definition) is 1. The molecule has 12 heavy (non-hydrogen) atoms. The Kier molecular flexibility index (Phi) is 3.41. The van der Waals surface area contributed by atoms with E-state index in [1.807, 2.05) is 19.1 Å². The molecule has 64 valence electrons. The van der Waals surface area contributed by atoms with Crippen molar-refractivity contribution in [3.63, 3.8) is 0 Å². The Hall–Kier alpha value is -1.22. The summed E-state index contributed by atoms with van der Waals surface area (Å²) in [5.74, 6) is 0.813. The van der Waals surface area contributed by atoms with E-state index in [1.54, 1.807) is 6.20 Å². The molecule has 0 unspecified atom stereocenters. The molecule has 1 aromatic heterocycles. The predicted octanol–water partition coefficient (Wildman–Crippen LogP) is 1.06. The lowest BCUT2D eigenvalue weighted by molar-refractivity contribution is 0.733. The lowest BCUT2D eigenvalue weighted by Crippen LogP contribution is -2.14.